The minimum Gasteiger partial charge on any atom is -0.368 e. The molecule has 1 fully saturated rings. The third-order valence-corrected chi connectivity index (χ3v) is 5.05. The Morgan fingerprint density at radius 3 is 2.88 bits per heavy atom. The number of hydrogen-bond acceptors (Lipinski definition) is 3. The fraction of sp³-hybridized carbons (Fsp3) is 0.368. The summed E-state index contributed by atoms with van der Waals surface area (Å²) in [6, 6.07) is 12.8. The van der Waals surface area contributed by atoms with Crippen molar-refractivity contribution in [3.05, 3.63) is 58.8 Å². The molecule has 2 aromatic rings. The Hall–Kier alpha value is -1.35. The molecule has 0 amide bonds. The topological polar surface area (TPSA) is 52.6 Å². The Morgan fingerprint density at radius 1 is 1.31 bits per heavy atom. The van der Waals surface area contributed by atoms with E-state index < -0.39 is 0 Å². The van der Waals surface area contributed by atoms with E-state index in [1.165, 1.54) is 11.3 Å². The first-order valence-corrected chi connectivity index (χ1v) is 9.41. The summed E-state index contributed by atoms with van der Waals surface area (Å²) in [6.45, 7) is 2.87. The van der Waals surface area contributed by atoms with Gasteiger partial charge >= 0.3 is 0 Å². The monoisotopic (exact) mass is 529 g/mol. The molecule has 3 rings (SSSR count). The molecule has 0 aliphatic carbocycles. The lowest BCUT2D eigenvalue weighted by atomic mass is 10.2. The van der Waals surface area contributed by atoms with Crippen molar-refractivity contribution in [3.63, 3.8) is 0 Å². The molecule has 1 unspecified atom stereocenters. The maximum absolute atomic E-state index is 4.35. The van der Waals surface area contributed by atoms with Crippen LogP contribution in [0.3, 0.4) is 0 Å². The van der Waals surface area contributed by atoms with Gasteiger partial charge in [-0.25, -0.2) is 0 Å². The fourth-order valence-corrected chi connectivity index (χ4v) is 3.60. The summed E-state index contributed by atoms with van der Waals surface area (Å²) >= 11 is 3.64. The van der Waals surface area contributed by atoms with Gasteiger partial charge < -0.3 is 15.5 Å². The zero-order chi connectivity index (χ0) is 17.5. The number of aromatic nitrogens is 1. The molecule has 1 atom stereocenters. The first-order chi connectivity index (χ1) is 12.3. The number of para-hydroxylation sites is 1. The molecule has 0 radical (unpaired) electrons. The van der Waals surface area contributed by atoms with Crippen LogP contribution < -0.4 is 15.5 Å². The summed E-state index contributed by atoms with van der Waals surface area (Å²) in [5.41, 5.74) is 2.48. The molecule has 1 aromatic heterocycles. The Morgan fingerprint density at radius 2 is 2.15 bits per heavy atom. The molecular formula is C19H25BrIN5. The van der Waals surface area contributed by atoms with Gasteiger partial charge in [-0.3, -0.25) is 9.98 Å². The average Bonchev–Trinajstić information content (AvgIpc) is 3.10. The first-order valence-electron chi connectivity index (χ1n) is 8.62. The SMILES string of the molecule is CN=C(NCCc1cccnc1)NC1CCN(c2ccccc2Br)C1.I. The largest absolute Gasteiger partial charge is 0.368 e. The number of rotatable bonds is 5. The average molecular weight is 530 g/mol. The number of pyridine rings is 1. The second kappa shape index (κ2) is 10.7. The zero-order valence-corrected chi connectivity index (χ0v) is 18.8. The third kappa shape index (κ3) is 5.84. The Labute approximate surface area is 180 Å². The molecular weight excluding hydrogens is 505 g/mol. The highest BCUT2D eigenvalue weighted by atomic mass is 127. The number of anilines is 1. The van der Waals surface area contributed by atoms with E-state index in [2.05, 4.69) is 65.7 Å². The van der Waals surface area contributed by atoms with E-state index in [1.54, 1.807) is 6.20 Å². The van der Waals surface area contributed by atoms with E-state index in [1.807, 2.05) is 25.4 Å². The van der Waals surface area contributed by atoms with Crippen LogP contribution in [0.25, 0.3) is 0 Å². The number of aliphatic imine (C=N–C) groups is 1. The summed E-state index contributed by atoms with van der Waals surface area (Å²) in [4.78, 5) is 10.9. The molecule has 1 aliphatic rings. The van der Waals surface area contributed by atoms with E-state index >= 15 is 0 Å². The molecule has 5 nitrogen and oxygen atoms in total. The molecule has 1 aliphatic heterocycles. The van der Waals surface area contributed by atoms with Crippen LogP contribution in [0.15, 0.2) is 58.3 Å². The van der Waals surface area contributed by atoms with Crippen LogP contribution in [0.4, 0.5) is 5.69 Å². The van der Waals surface area contributed by atoms with Crippen LogP contribution in [0.2, 0.25) is 0 Å². The van der Waals surface area contributed by atoms with E-state index in [9.17, 15) is 0 Å². The lowest BCUT2D eigenvalue weighted by Gasteiger charge is -2.21. The van der Waals surface area contributed by atoms with Gasteiger partial charge in [-0.1, -0.05) is 18.2 Å². The normalized spacial score (nSPS) is 16.9. The van der Waals surface area contributed by atoms with Crippen LogP contribution in [-0.4, -0.2) is 43.7 Å². The summed E-state index contributed by atoms with van der Waals surface area (Å²) < 4.78 is 1.15. The van der Waals surface area contributed by atoms with Crippen molar-refractivity contribution >= 4 is 51.6 Å². The second-order valence-corrected chi connectivity index (χ2v) is 6.99. The molecule has 2 N–H and O–H groups in total. The zero-order valence-electron chi connectivity index (χ0n) is 14.9. The summed E-state index contributed by atoms with van der Waals surface area (Å²) in [5.74, 6) is 0.864. The molecule has 2 heterocycles. The molecule has 0 bridgehead atoms. The van der Waals surface area contributed by atoms with Gasteiger partial charge in [-0.05, 0) is 52.5 Å². The van der Waals surface area contributed by atoms with Gasteiger partial charge in [0.1, 0.15) is 0 Å². The quantitative estimate of drug-likeness (QED) is 0.354. The van der Waals surface area contributed by atoms with Gasteiger partial charge in [0.2, 0.25) is 0 Å². The smallest absolute Gasteiger partial charge is 0.191 e. The first kappa shape index (κ1) is 21.0. The van der Waals surface area contributed by atoms with Crippen molar-refractivity contribution < 1.29 is 0 Å². The van der Waals surface area contributed by atoms with Crippen molar-refractivity contribution in [2.24, 2.45) is 4.99 Å². The number of guanidine groups is 1. The Bertz CT molecular complexity index is 710. The Balaban J connectivity index is 0.00000243. The van der Waals surface area contributed by atoms with Crippen LogP contribution >= 0.6 is 39.9 Å². The highest BCUT2D eigenvalue weighted by Crippen LogP contribution is 2.28. The van der Waals surface area contributed by atoms with Crippen LogP contribution in [0.5, 0.6) is 0 Å². The predicted molar refractivity (Wildman–Crippen MR) is 123 cm³/mol. The number of nitrogens with one attached hydrogen (secondary N) is 2. The van der Waals surface area contributed by atoms with Gasteiger partial charge in [-0.2, -0.15) is 0 Å². The maximum atomic E-state index is 4.35. The van der Waals surface area contributed by atoms with E-state index in [0.717, 1.165) is 42.9 Å². The summed E-state index contributed by atoms with van der Waals surface area (Å²) in [6.07, 6.45) is 5.74. The Kier molecular flexibility index (Phi) is 8.64. The van der Waals surface area contributed by atoms with E-state index in [-0.39, 0.29) is 24.0 Å². The molecule has 0 spiro atoms. The van der Waals surface area contributed by atoms with Crippen LogP contribution in [-0.2, 0) is 6.42 Å². The van der Waals surface area contributed by atoms with Crippen molar-refractivity contribution in [2.45, 2.75) is 18.9 Å². The van der Waals surface area contributed by atoms with Crippen LogP contribution in [0.1, 0.15) is 12.0 Å². The highest BCUT2D eigenvalue weighted by molar-refractivity contribution is 14.0. The second-order valence-electron chi connectivity index (χ2n) is 6.14. The third-order valence-electron chi connectivity index (χ3n) is 4.37. The standard InChI is InChI=1S/C19H24BrN5.HI/c1-21-19(23-11-8-15-5-4-10-22-13-15)24-16-9-12-25(14-16)18-7-3-2-6-17(18)20;/h2-7,10,13,16H,8-9,11-12,14H2,1H3,(H2,21,23,24);1H. The maximum Gasteiger partial charge on any atom is 0.191 e. The molecule has 0 saturated carbocycles. The fourth-order valence-electron chi connectivity index (χ4n) is 3.06. The molecule has 7 heteroatoms. The summed E-state index contributed by atoms with van der Waals surface area (Å²) in [5, 5.41) is 6.93. The predicted octanol–water partition coefficient (Wildman–Crippen LogP) is 3.45. The number of halogens is 2. The summed E-state index contributed by atoms with van der Waals surface area (Å²) in [7, 11) is 1.82. The molecule has 1 aromatic carbocycles. The van der Waals surface area contributed by atoms with Gasteiger partial charge in [-0.15, -0.1) is 24.0 Å². The highest BCUT2D eigenvalue weighted by Gasteiger charge is 2.24. The van der Waals surface area contributed by atoms with Crippen molar-refractivity contribution in [2.75, 3.05) is 31.6 Å². The van der Waals surface area contributed by atoms with Gasteiger partial charge in [0.05, 0.1) is 5.69 Å². The van der Waals surface area contributed by atoms with Gasteiger partial charge in [0, 0.05) is 49.6 Å². The molecule has 26 heavy (non-hydrogen) atoms. The van der Waals surface area contributed by atoms with Crippen molar-refractivity contribution in [1.29, 1.82) is 0 Å². The van der Waals surface area contributed by atoms with Gasteiger partial charge in [0.25, 0.3) is 0 Å². The van der Waals surface area contributed by atoms with E-state index in [4.69, 9.17) is 0 Å². The van der Waals surface area contributed by atoms with Gasteiger partial charge in [0.15, 0.2) is 5.96 Å². The lowest BCUT2D eigenvalue weighted by Crippen LogP contribution is -2.45. The number of hydrogen-bond donors (Lipinski definition) is 2. The van der Waals surface area contributed by atoms with E-state index in [0.29, 0.717) is 6.04 Å². The molecule has 140 valence electrons. The molecule has 1 saturated heterocycles. The number of nitrogens with zero attached hydrogens (tertiary/aromatic N) is 3. The van der Waals surface area contributed by atoms with Crippen molar-refractivity contribution in [1.82, 2.24) is 15.6 Å². The lowest BCUT2D eigenvalue weighted by molar-refractivity contribution is 0.648. The van der Waals surface area contributed by atoms with Crippen molar-refractivity contribution in [3.8, 4) is 0 Å². The number of benzene rings is 1. The minimum atomic E-state index is 0. The minimum absolute atomic E-state index is 0. The van der Waals surface area contributed by atoms with Crippen LogP contribution in [0, 0.1) is 0 Å².